The Morgan fingerprint density at radius 3 is 1.79 bits per heavy atom. The van der Waals surface area contributed by atoms with E-state index in [2.05, 4.69) is 17.6 Å². The number of thiol groups is 1. The molecule has 2 unspecified atom stereocenters. The van der Waals surface area contributed by atoms with Crippen LogP contribution >= 0.6 is 12.6 Å². The maximum Gasteiger partial charge on any atom is 0.220 e. The average Bonchev–Trinajstić information content (AvgIpc) is 3.50. The van der Waals surface area contributed by atoms with Gasteiger partial charge in [0.1, 0.15) is 11.6 Å². The van der Waals surface area contributed by atoms with Crippen LogP contribution in [-0.2, 0) is 42.8 Å². The van der Waals surface area contributed by atoms with Gasteiger partial charge in [-0.3, -0.25) is 19.4 Å². The number of ether oxygens (including phenoxy) is 6. The van der Waals surface area contributed by atoms with Gasteiger partial charge >= 0.3 is 0 Å². The molecule has 2 atom stereocenters. The van der Waals surface area contributed by atoms with Crippen molar-refractivity contribution in [2.45, 2.75) is 63.8 Å². The summed E-state index contributed by atoms with van der Waals surface area (Å²) < 4.78 is 32.4. The summed E-state index contributed by atoms with van der Waals surface area (Å²) in [4.78, 5) is 40.5. The zero-order chi connectivity index (χ0) is 31.4. The monoisotopic (exact) mass is 631 g/mol. The number of nitrogens with zero attached hydrogens (tertiary/aromatic N) is 1. The van der Waals surface area contributed by atoms with Crippen molar-refractivity contribution < 1.29 is 42.8 Å². The number of ketones is 2. The van der Waals surface area contributed by atoms with Crippen LogP contribution in [-0.4, -0.2) is 115 Å². The molecule has 0 spiro atoms. The van der Waals surface area contributed by atoms with E-state index < -0.39 is 17.9 Å². The number of nitrogens with two attached hydrogens (primary N) is 2. The maximum atomic E-state index is 12.3. The third kappa shape index (κ3) is 23.4. The van der Waals surface area contributed by atoms with Gasteiger partial charge in [0.2, 0.25) is 5.91 Å². The van der Waals surface area contributed by atoms with Crippen LogP contribution in [0, 0.1) is 5.92 Å². The number of carbonyl (C=O) groups is 3. The highest BCUT2D eigenvalue weighted by molar-refractivity contribution is 7.80. The molecule has 0 fully saturated rings. The summed E-state index contributed by atoms with van der Waals surface area (Å²) in [7, 11) is 0. The average molecular weight is 632 g/mol. The van der Waals surface area contributed by atoms with Crippen molar-refractivity contribution in [2.75, 3.05) is 85.0 Å². The number of unbranched alkanes of at least 4 members (excludes halogenated alkanes) is 2. The summed E-state index contributed by atoms with van der Waals surface area (Å²) >= 11 is 4.06. The molecule has 1 aliphatic heterocycles. The van der Waals surface area contributed by atoms with Crippen LogP contribution in [0.1, 0.15) is 57.8 Å². The highest BCUT2D eigenvalue weighted by Gasteiger charge is 2.20. The third-order valence-electron chi connectivity index (χ3n) is 6.53. The number of allylic oxidation sites excluding steroid dienone is 1. The van der Waals surface area contributed by atoms with Gasteiger partial charge in [-0.25, -0.2) is 0 Å². The minimum atomic E-state index is -0.535. The number of rotatable bonds is 32. The van der Waals surface area contributed by atoms with Gasteiger partial charge in [0, 0.05) is 55.7 Å². The lowest BCUT2D eigenvalue weighted by atomic mass is 9.93. The Labute approximate surface area is 262 Å². The van der Waals surface area contributed by atoms with Gasteiger partial charge in [-0.1, -0.05) is 18.9 Å². The lowest BCUT2D eigenvalue weighted by molar-refractivity contribution is -0.128. The lowest BCUT2D eigenvalue weighted by Gasteiger charge is -2.13. The van der Waals surface area contributed by atoms with Gasteiger partial charge in [-0.15, -0.1) is 0 Å². The topological polar surface area (TPSA) is 171 Å². The molecule has 0 saturated heterocycles. The van der Waals surface area contributed by atoms with Crippen molar-refractivity contribution in [3.05, 3.63) is 11.8 Å². The minimum absolute atomic E-state index is 0.0184. The van der Waals surface area contributed by atoms with E-state index in [0.717, 1.165) is 18.5 Å². The summed E-state index contributed by atoms with van der Waals surface area (Å²) in [5, 5.41) is 0. The van der Waals surface area contributed by atoms with Crippen molar-refractivity contribution in [2.24, 2.45) is 22.4 Å². The summed E-state index contributed by atoms with van der Waals surface area (Å²) in [6, 6.07) is -0.535. The molecular weight excluding hydrogens is 578 g/mol. The van der Waals surface area contributed by atoms with Crippen molar-refractivity contribution in [1.29, 1.82) is 0 Å². The smallest absolute Gasteiger partial charge is 0.220 e. The molecule has 0 radical (unpaired) electrons. The summed E-state index contributed by atoms with van der Waals surface area (Å²) in [6.45, 7) is 5.62. The van der Waals surface area contributed by atoms with Gasteiger partial charge in [0.25, 0.3) is 0 Å². The van der Waals surface area contributed by atoms with E-state index in [9.17, 15) is 14.4 Å². The molecule has 1 aliphatic rings. The highest BCUT2D eigenvalue weighted by Crippen LogP contribution is 2.17. The summed E-state index contributed by atoms with van der Waals surface area (Å²) in [5.41, 5.74) is 12.4. The van der Waals surface area contributed by atoms with Crippen molar-refractivity contribution in [3.8, 4) is 0 Å². The molecular formula is C30H53N3O9S. The summed E-state index contributed by atoms with van der Waals surface area (Å²) in [5.74, 6) is -0.322. The number of hydrogen-bond donors (Lipinski definition) is 3. The Morgan fingerprint density at radius 2 is 1.30 bits per heavy atom. The second kappa shape index (κ2) is 27.8. The van der Waals surface area contributed by atoms with E-state index in [1.54, 1.807) is 6.21 Å². The number of amides is 1. The molecule has 248 valence electrons. The molecule has 12 nitrogen and oxygen atoms in total. The number of Topliss-reactive ketones (excluding diaryl/α,β-unsaturated/α-hetero) is 2. The van der Waals surface area contributed by atoms with Gasteiger partial charge in [-0.2, -0.15) is 12.6 Å². The second-order valence-electron chi connectivity index (χ2n) is 10.1. The molecule has 13 heteroatoms. The summed E-state index contributed by atoms with van der Waals surface area (Å²) in [6.07, 6.45) is 8.45. The van der Waals surface area contributed by atoms with E-state index in [0.29, 0.717) is 111 Å². The zero-order valence-corrected chi connectivity index (χ0v) is 26.5. The number of hydrogen-bond acceptors (Lipinski definition) is 12. The van der Waals surface area contributed by atoms with Gasteiger partial charge in [-0.05, 0) is 12.8 Å². The quantitative estimate of drug-likeness (QED) is 0.0737. The van der Waals surface area contributed by atoms with Crippen LogP contribution in [0.15, 0.2) is 16.8 Å². The van der Waals surface area contributed by atoms with Gasteiger partial charge in [0.05, 0.1) is 85.3 Å². The van der Waals surface area contributed by atoms with E-state index in [4.69, 9.17) is 39.9 Å². The van der Waals surface area contributed by atoms with Crippen molar-refractivity contribution >= 4 is 36.3 Å². The molecule has 0 aromatic rings. The largest absolute Gasteiger partial charge is 0.379 e. The van der Waals surface area contributed by atoms with Crippen LogP contribution in [0.5, 0.6) is 0 Å². The fourth-order valence-electron chi connectivity index (χ4n) is 4.11. The molecule has 0 aliphatic carbocycles. The molecule has 0 saturated carbocycles. The molecule has 4 N–H and O–H groups in total. The van der Waals surface area contributed by atoms with Crippen LogP contribution in [0.25, 0.3) is 0 Å². The maximum absolute atomic E-state index is 12.3. The van der Waals surface area contributed by atoms with Gasteiger partial charge < -0.3 is 39.9 Å². The number of carbonyl (C=O) groups excluding carboxylic acids is 3. The molecule has 0 bridgehead atoms. The Balaban J connectivity index is 1.92. The van der Waals surface area contributed by atoms with Crippen molar-refractivity contribution in [3.63, 3.8) is 0 Å². The fraction of sp³-hybridized carbons (Fsp3) is 0.800. The fourth-order valence-corrected chi connectivity index (χ4v) is 4.24. The molecule has 1 amide bonds. The molecule has 1 heterocycles. The van der Waals surface area contributed by atoms with Crippen LogP contribution in [0.2, 0.25) is 0 Å². The predicted octanol–water partition coefficient (Wildman–Crippen LogP) is 2.06. The first-order valence-electron chi connectivity index (χ1n) is 15.3. The molecule has 43 heavy (non-hydrogen) atoms. The molecule has 1 rings (SSSR count). The van der Waals surface area contributed by atoms with Crippen LogP contribution in [0.3, 0.4) is 0 Å². The Morgan fingerprint density at radius 1 is 0.767 bits per heavy atom. The van der Waals surface area contributed by atoms with Crippen LogP contribution in [0.4, 0.5) is 0 Å². The second-order valence-corrected chi connectivity index (χ2v) is 10.6. The Kier molecular flexibility index (Phi) is 25.4. The SMILES string of the molecule is NC(=O)C(CCCCCC(=O)C(N)CC1=CCC=N1)CC(=O)CCOCCOCCOCCOCCOCCOCCS. The lowest BCUT2D eigenvalue weighted by Crippen LogP contribution is -2.30. The zero-order valence-electron chi connectivity index (χ0n) is 25.6. The van der Waals surface area contributed by atoms with Crippen LogP contribution < -0.4 is 11.5 Å². The van der Waals surface area contributed by atoms with Crippen molar-refractivity contribution in [1.82, 2.24) is 0 Å². The van der Waals surface area contributed by atoms with E-state index in [1.165, 1.54) is 0 Å². The first-order valence-corrected chi connectivity index (χ1v) is 16.0. The van der Waals surface area contributed by atoms with Gasteiger partial charge in [0.15, 0.2) is 0 Å². The Hall–Kier alpha value is -1.71. The predicted molar refractivity (Wildman–Crippen MR) is 168 cm³/mol. The Bertz CT molecular complexity index is 814. The standard InChI is InChI=1S/C30H53N3O9S/c31-28(24-26-6-4-9-33-26)29(35)7-3-1-2-5-25(30(32)36)23-27(34)8-10-37-11-12-38-13-14-39-15-16-40-17-18-41-19-20-42-21-22-43/h6,9,25,28,43H,1-5,7-8,10-24,31H2,(H2,32,36). The van der Waals surface area contributed by atoms with E-state index >= 15 is 0 Å². The minimum Gasteiger partial charge on any atom is -0.379 e. The number of aliphatic imine (C=N–C) groups is 1. The van der Waals surface area contributed by atoms with E-state index in [1.807, 2.05) is 6.08 Å². The third-order valence-corrected chi connectivity index (χ3v) is 6.71. The molecule has 0 aromatic heterocycles. The van der Waals surface area contributed by atoms with E-state index in [-0.39, 0.29) is 31.0 Å². The normalized spacial score (nSPS) is 14.1. The highest BCUT2D eigenvalue weighted by atomic mass is 32.1. The molecule has 0 aromatic carbocycles. The number of primary amides is 1. The first-order chi connectivity index (χ1) is 20.9. The first kappa shape index (κ1) is 39.3.